The molecule has 1 unspecified atom stereocenters. The minimum Gasteiger partial charge on any atom is -0.448 e. The number of hydrazone groups is 1. The zero-order valence-electron chi connectivity index (χ0n) is 16.7. The van der Waals surface area contributed by atoms with Crippen LogP contribution in [0.5, 0.6) is 0 Å². The fraction of sp³-hybridized carbons (Fsp3) is 0.273. The number of ether oxygens (including phenoxy) is 1. The molecule has 2 aromatic carbocycles. The van der Waals surface area contributed by atoms with Crippen molar-refractivity contribution in [2.75, 3.05) is 0 Å². The first-order valence-corrected chi connectivity index (χ1v) is 10.5. The molecule has 1 aliphatic rings. The van der Waals surface area contributed by atoms with E-state index in [1.54, 1.807) is 0 Å². The lowest BCUT2D eigenvalue weighted by Gasteiger charge is -2.18. The Kier molecular flexibility index (Phi) is 5.17. The van der Waals surface area contributed by atoms with Gasteiger partial charge in [-0.05, 0) is 43.3 Å². The van der Waals surface area contributed by atoms with Gasteiger partial charge in [0.1, 0.15) is 11.5 Å². The lowest BCUT2D eigenvalue weighted by atomic mass is 9.97. The van der Waals surface area contributed by atoms with Gasteiger partial charge in [0.15, 0.2) is 0 Å². The number of hydrogen-bond acceptors (Lipinski definition) is 4. The van der Waals surface area contributed by atoms with Crippen molar-refractivity contribution in [1.82, 2.24) is 15.0 Å². The van der Waals surface area contributed by atoms with Crippen LogP contribution in [0.4, 0.5) is 0 Å². The van der Waals surface area contributed by atoms with Crippen molar-refractivity contribution in [3.8, 4) is 17.1 Å². The molecule has 1 aliphatic heterocycles. The molecule has 3 aromatic rings. The predicted molar refractivity (Wildman–Crippen MR) is 120 cm³/mol. The normalized spacial score (nSPS) is 16.3. The predicted octanol–water partition coefficient (Wildman–Crippen LogP) is 6.24. The molecule has 1 N–H and O–H groups in total. The molecule has 5 nitrogen and oxygen atoms in total. The topological polar surface area (TPSA) is 51.4 Å². The average molecular weight is 474 g/mol. The van der Waals surface area contributed by atoms with Crippen LogP contribution < -0.4 is 5.43 Å². The number of nitrogens with one attached hydrogen (secondary N) is 1. The smallest absolute Gasteiger partial charge is 0.231 e. The zero-order chi connectivity index (χ0) is 20.8. The second-order valence-corrected chi connectivity index (χ2v) is 9.31. The number of benzene rings is 2. The summed E-state index contributed by atoms with van der Waals surface area (Å²) < 4.78 is 9.22. The summed E-state index contributed by atoms with van der Waals surface area (Å²) in [5, 5.41) is 5.03. The Bertz CT molecular complexity index is 1080. The minimum absolute atomic E-state index is 0.185. The van der Waals surface area contributed by atoms with Gasteiger partial charge in [-0.15, -0.1) is 5.10 Å². The van der Waals surface area contributed by atoms with E-state index in [1.165, 1.54) is 0 Å². The van der Waals surface area contributed by atoms with Gasteiger partial charge >= 0.3 is 0 Å². The Morgan fingerprint density at radius 2 is 1.79 bits per heavy atom. The van der Waals surface area contributed by atoms with E-state index in [0.29, 0.717) is 10.9 Å². The lowest BCUT2D eigenvalue weighted by Crippen LogP contribution is -2.22. The van der Waals surface area contributed by atoms with Gasteiger partial charge < -0.3 is 4.74 Å². The van der Waals surface area contributed by atoms with Crippen LogP contribution in [0.15, 0.2) is 58.1 Å². The molecule has 7 heteroatoms. The summed E-state index contributed by atoms with van der Waals surface area (Å²) in [6.07, 6.45) is -0.442. The first-order chi connectivity index (χ1) is 13.8. The van der Waals surface area contributed by atoms with E-state index in [2.05, 4.69) is 51.8 Å². The highest BCUT2D eigenvalue weighted by Crippen LogP contribution is 2.35. The van der Waals surface area contributed by atoms with Crippen LogP contribution in [-0.2, 0) is 4.74 Å². The van der Waals surface area contributed by atoms with Gasteiger partial charge in [-0.2, -0.15) is 0 Å². The lowest BCUT2D eigenvalue weighted by molar-refractivity contribution is 0.167. The number of hydrogen-bond donors (Lipinski definition) is 1. The molecule has 0 bridgehead atoms. The van der Waals surface area contributed by atoms with E-state index < -0.39 is 6.23 Å². The summed E-state index contributed by atoms with van der Waals surface area (Å²) in [7, 11) is 0. The van der Waals surface area contributed by atoms with Crippen LogP contribution in [0.3, 0.4) is 0 Å². The molecule has 0 radical (unpaired) electrons. The van der Waals surface area contributed by atoms with Crippen molar-refractivity contribution in [3.63, 3.8) is 0 Å². The summed E-state index contributed by atoms with van der Waals surface area (Å²) in [5.41, 5.74) is 6.51. The fourth-order valence-electron chi connectivity index (χ4n) is 3.24. The molecular weight excluding hydrogens is 452 g/mol. The maximum Gasteiger partial charge on any atom is 0.231 e. The highest BCUT2D eigenvalue weighted by Gasteiger charge is 2.33. The number of rotatable bonds is 3. The van der Waals surface area contributed by atoms with E-state index >= 15 is 0 Å². The van der Waals surface area contributed by atoms with E-state index in [1.807, 2.05) is 55.5 Å². The highest BCUT2D eigenvalue weighted by atomic mass is 79.9. The van der Waals surface area contributed by atoms with E-state index in [0.717, 1.165) is 32.9 Å². The van der Waals surface area contributed by atoms with Crippen LogP contribution in [0.1, 0.15) is 38.4 Å². The third-order valence-corrected chi connectivity index (χ3v) is 5.60. The summed E-state index contributed by atoms with van der Waals surface area (Å²) in [6, 6.07) is 15.8. The van der Waals surface area contributed by atoms with Crippen molar-refractivity contribution in [3.05, 3.63) is 69.4 Å². The van der Waals surface area contributed by atoms with Crippen molar-refractivity contribution in [1.29, 1.82) is 0 Å². The second-order valence-electron chi connectivity index (χ2n) is 7.99. The zero-order valence-corrected chi connectivity index (χ0v) is 19.0. The SMILES string of the molecule is Cc1c(C2NN=C(C(C)(C)C)O2)nc(-c2ccccc2Cl)n1-c1ccc(Br)cc1. The molecule has 4 rings (SSSR count). The highest BCUT2D eigenvalue weighted by molar-refractivity contribution is 9.10. The third kappa shape index (κ3) is 3.79. The molecule has 0 fully saturated rings. The van der Waals surface area contributed by atoms with Gasteiger partial charge in [0.05, 0.1) is 5.02 Å². The van der Waals surface area contributed by atoms with Crippen LogP contribution in [-0.4, -0.2) is 15.4 Å². The summed E-state index contributed by atoms with van der Waals surface area (Å²) in [4.78, 5) is 4.94. The molecule has 0 spiro atoms. The molecule has 29 heavy (non-hydrogen) atoms. The minimum atomic E-state index is -0.442. The molecule has 1 atom stereocenters. The van der Waals surface area contributed by atoms with Crippen LogP contribution >= 0.6 is 27.5 Å². The van der Waals surface area contributed by atoms with Gasteiger partial charge in [-0.1, -0.05) is 60.4 Å². The first-order valence-electron chi connectivity index (χ1n) is 9.36. The molecular formula is C22H22BrClN4O. The standard InChI is InChI=1S/C22H22BrClN4O/c1-13-18(20-26-27-21(29-20)22(2,3)4)25-19(16-7-5-6-8-17(16)24)28(13)15-11-9-14(23)10-12-15/h5-12,20,26H,1-4H3. The van der Waals surface area contributed by atoms with E-state index in [4.69, 9.17) is 21.3 Å². The van der Waals surface area contributed by atoms with Gasteiger partial charge in [-0.25, -0.2) is 4.98 Å². The number of imidazole rings is 1. The Morgan fingerprint density at radius 3 is 2.41 bits per heavy atom. The quantitative estimate of drug-likeness (QED) is 0.490. The van der Waals surface area contributed by atoms with Crippen LogP contribution in [0.25, 0.3) is 17.1 Å². The van der Waals surface area contributed by atoms with Gasteiger partial charge in [-0.3, -0.25) is 9.99 Å². The number of aromatic nitrogens is 2. The molecule has 0 aliphatic carbocycles. The molecule has 0 saturated carbocycles. The molecule has 0 amide bonds. The molecule has 150 valence electrons. The largest absolute Gasteiger partial charge is 0.448 e. The van der Waals surface area contributed by atoms with E-state index in [9.17, 15) is 0 Å². The third-order valence-electron chi connectivity index (χ3n) is 4.75. The van der Waals surface area contributed by atoms with Gasteiger partial charge in [0.25, 0.3) is 0 Å². The van der Waals surface area contributed by atoms with Crippen LogP contribution in [0.2, 0.25) is 5.02 Å². The van der Waals surface area contributed by atoms with E-state index in [-0.39, 0.29) is 5.41 Å². The molecule has 2 heterocycles. The van der Waals surface area contributed by atoms with Crippen molar-refractivity contribution in [2.24, 2.45) is 10.5 Å². The van der Waals surface area contributed by atoms with Crippen molar-refractivity contribution >= 4 is 33.4 Å². The average Bonchev–Trinajstić information content (AvgIpc) is 3.28. The second kappa shape index (κ2) is 7.50. The summed E-state index contributed by atoms with van der Waals surface area (Å²) in [5.74, 6) is 1.43. The Morgan fingerprint density at radius 1 is 1.10 bits per heavy atom. The summed E-state index contributed by atoms with van der Waals surface area (Å²) >= 11 is 10.0. The van der Waals surface area contributed by atoms with Crippen LogP contribution in [0, 0.1) is 12.3 Å². The van der Waals surface area contributed by atoms with Crippen molar-refractivity contribution < 1.29 is 4.74 Å². The Balaban J connectivity index is 1.84. The Labute approximate surface area is 183 Å². The molecule has 0 saturated heterocycles. The Hall–Kier alpha value is -2.31. The van der Waals surface area contributed by atoms with Crippen molar-refractivity contribution in [2.45, 2.75) is 33.9 Å². The maximum atomic E-state index is 6.52. The fourth-order valence-corrected chi connectivity index (χ4v) is 3.72. The number of halogens is 2. The maximum absolute atomic E-state index is 6.52. The number of nitrogens with zero attached hydrogens (tertiary/aromatic N) is 3. The summed E-state index contributed by atoms with van der Waals surface area (Å²) in [6.45, 7) is 8.24. The molecule has 1 aromatic heterocycles. The monoisotopic (exact) mass is 472 g/mol. The van der Waals surface area contributed by atoms with Gasteiger partial charge in [0, 0.05) is 26.8 Å². The first kappa shape index (κ1) is 20.0. The van der Waals surface area contributed by atoms with Gasteiger partial charge in [0.2, 0.25) is 12.1 Å².